The molecule has 0 fully saturated rings. The highest BCUT2D eigenvalue weighted by Gasteiger charge is 2.18. The van der Waals surface area contributed by atoms with Gasteiger partial charge in [0, 0.05) is 37.2 Å². The first-order valence-electron chi connectivity index (χ1n) is 8.38. The maximum atomic E-state index is 13.0. The number of aromatic nitrogens is 1. The molecule has 1 heterocycles. The van der Waals surface area contributed by atoms with Crippen molar-refractivity contribution in [2.45, 2.75) is 11.4 Å². The van der Waals surface area contributed by atoms with Crippen molar-refractivity contribution < 1.29 is 17.6 Å². The third-order valence-electron chi connectivity index (χ3n) is 3.98. The van der Waals surface area contributed by atoms with E-state index in [1.165, 1.54) is 35.2 Å². The van der Waals surface area contributed by atoms with Crippen LogP contribution in [0, 0.1) is 5.82 Å². The van der Waals surface area contributed by atoms with Gasteiger partial charge in [-0.15, -0.1) is 0 Å². The maximum absolute atomic E-state index is 13.0. The fourth-order valence-electron chi connectivity index (χ4n) is 2.59. The molecule has 1 N–H and O–H groups in total. The lowest BCUT2D eigenvalue weighted by atomic mass is 10.2. The van der Waals surface area contributed by atoms with E-state index in [0.29, 0.717) is 6.54 Å². The smallest absolute Gasteiger partial charge is 0.261 e. The molecule has 0 atom stereocenters. The highest BCUT2D eigenvalue weighted by Crippen LogP contribution is 2.18. The standard InChI is InChI=1S/C20H18FN3O3S/c1-24(14-15-4-3-11-22-13-15)20(25)16-5-2-6-19(12-16)28(26,27)23-18-9-7-17(21)8-10-18/h2-13,23H,14H2,1H3. The van der Waals surface area contributed by atoms with Crippen molar-refractivity contribution in [3.8, 4) is 0 Å². The van der Waals surface area contributed by atoms with Gasteiger partial charge >= 0.3 is 0 Å². The molecule has 2 aromatic carbocycles. The van der Waals surface area contributed by atoms with Crippen LogP contribution in [0.1, 0.15) is 15.9 Å². The molecule has 0 saturated carbocycles. The zero-order valence-corrected chi connectivity index (χ0v) is 15.9. The van der Waals surface area contributed by atoms with Crippen LogP contribution in [0.3, 0.4) is 0 Å². The van der Waals surface area contributed by atoms with Crippen LogP contribution in [0.15, 0.2) is 78.0 Å². The summed E-state index contributed by atoms with van der Waals surface area (Å²) in [5, 5.41) is 0. The Kier molecular flexibility index (Phi) is 5.70. The van der Waals surface area contributed by atoms with Gasteiger partial charge in [-0.3, -0.25) is 14.5 Å². The van der Waals surface area contributed by atoms with Gasteiger partial charge in [0.15, 0.2) is 0 Å². The van der Waals surface area contributed by atoms with Gasteiger partial charge in [-0.25, -0.2) is 12.8 Å². The second-order valence-corrected chi connectivity index (χ2v) is 7.85. The molecule has 0 spiro atoms. The molecule has 28 heavy (non-hydrogen) atoms. The number of benzene rings is 2. The van der Waals surface area contributed by atoms with Crippen molar-refractivity contribution in [1.82, 2.24) is 9.88 Å². The summed E-state index contributed by atoms with van der Waals surface area (Å²) in [6.07, 6.45) is 3.31. The number of nitrogens with zero attached hydrogens (tertiary/aromatic N) is 2. The minimum absolute atomic E-state index is 0.0579. The van der Waals surface area contributed by atoms with Crippen molar-refractivity contribution in [2.24, 2.45) is 0 Å². The Morgan fingerprint density at radius 3 is 2.54 bits per heavy atom. The molecule has 3 aromatic rings. The molecule has 144 valence electrons. The predicted molar refractivity (Wildman–Crippen MR) is 104 cm³/mol. The number of amides is 1. The van der Waals surface area contributed by atoms with E-state index in [1.807, 2.05) is 6.07 Å². The first kappa shape index (κ1) is 19.5. The van der Waals surface area contributed by atoms with Gasteiger partial charge in [0.2, 0.25) is 0 Å². The zero-order chi connectivity index (χ0) is 20.1. The highest BCUT2D eigenvalue weighted by molar-refractivity contribution is 7.92. The summed E-state index contributed by atoms with van der Waals surface area (Å²) in [5.41, 5.74) is 1.33. The number of sulfonamides is 1. The van der Waals surface area contributed by atoms with Crippen molar-refractivity contribution >= 4 is 21.6 Å². The number of pyridine rings is 1. The fraction of sp³-hybridized carbons (Fsp3) is 0.100. The summed E-state index contributed by atoms with van der Waals surface area (Å²) in [4.78, 5) is 18.1. The summed E-state index contributed by atoms with van der Waals surface area (Å²) in [6.45, 7) is 0.345. The van der Waals surface area contributed by atoms with Crippen LogP contribution < -0.4 is 4.72 Å². The molecular weight excluding hydrogens is 381 g/mol. The Balaban J connectivity index is 1.78. The van der Waals surface area contributed by atoms with Gasteiger partial charge in [0.05, 0.1) is 4.90 Å². The van der Waals surface area contributed by atoms with Crippen molar-refractivity contribution in [3.05, 3.63) is 90.0 Å². The van der Waals surface area contributed by atoms with Crippen LogP contribution in [0.2, 0.25) is 0 Å². The lowest BCUT2D eigenvalue weighted by Crippen LogP contribution is -2.26. The third kappa shape index (κ3) is 4.72. The summed E-state index contributed by atoms with van der Waals surface area (Å²) >= 11 is 0. The first-order chi connectivity index (χ1) is 13.3. The number of carbonyl (C=O) groups is 1. The van der Waals surface area contributed by atoms with Crippen molar-refractivity contribution in [2.75, 3.05) is 11.8 Å². The average Bonchev–Trinajstić information content (AvgIpc) is 2.70. The minimum atomic E-state index is -3.92. The number of carbonyl (C=O) groups excluding carboxylic acids is 1. The number of nitrogens with one attached hydrogen (secondary N) is 1. The van der Waals surface area contributed by atoms with E-state index < -0.39 is 15.8 Å². The molecule has 6 nitrogen and oxygen atoms in total. The molecule has 0 bridgehead atoms. The van der Waals surface area contributed by atoms with Crippen LogP contribution in [-0.2, 0) is 16.6 Å². The first-order valence-corrected chi connectivity index (χ1v) is 9.86. The van der Waals surface area contributed by atoms with Gasteiger partial charge in [0.25, 0.3) is 15.9 Å². The van der Waals surface area contributed by atoms with E-state index >= 15 is 0 Å². The van der Waals surface area contributed by atoms with Crippen LogP contribution >= 0.6 is 0 Å². The van der Waals surface area contributed by atoms with E-state index in [4.69, 9.17) is 0 Å². The molecule has 0 unspecified atom stereocenters. The molecule has 0 aliphatic heterocycles. The largest absolute Gasteiger partial charge is 0.337 e. The summed E-state index contributed by atoms with van der Waals surface area (Å²) in [7, 11) is -2.29. The van der Waals surface area contributed by atoms with Crippen molar-refractivity contribution in [3.63, 3.8) is 0 Å². The lowest BCUT2D eigenvalue weighted by molar-refractivity contribution is 0.0784. The maximum Gasteiger partial charge on any atom is 0.261 e. The molecule has 0 aliphatic rings. The average molecular weight is 399 g/mol. The molecule has 1 aromatic heterocycles. The highest BCUT2D eigenvalue weighted by atomic mass is 32.2. The quantitative estimate of drug-likeness (QED) is 0.690. The Labute approximate surface area is 162 Å². The monoisotopic (exact) mass is 399 g/mol. The van der Waals surface area contributed by atoms with Crippen LogP contribution in [0.25, 0.3) is 0 Å². The van der Waals surface area contributed by atoms with E-state index in [2.05, 4.69) is 9.71 Å². The molecular formula is C20H18FN3O3S. The van der Waals surface area contributed by atoms with Crippen LogP contribution in [-0.4, -0.2) is 31.3 Å². The van der Waals surface area contributed by atoms with Crippen LogP contribution in [0.5, 0.6) is 0 Å². The summed E-state index contributed by atoms with van der Waals surface area (Å²) in [5.74, 6) is -0.783. The number of hydrogen-bond acceptors (Lipinski definition) is 4. The lowest BCUT2D eigenvalue weighted by Gasteiger charge is -2.17. The zero-order valence-electron chi connectivity index (χ0n) is 15.0. The minimum Gasteiger partial charge on any atom is -0.337 e. The molecule has 1 amide bonds. The normalized spacial score (nSPS) is 11.1. The Morgan fingerprint density at radius 2 is 1.86 bits per heavy atom. The van der Waals surface area contributed by atoms with Crippen LogP contribution in [0.4, 0.5) is 10.1 Å². The topological polar surface area (TPSA) is 79.4 Å². The SMILES string of the molecule is CN(Cc1cccnc1)C(=O)c1cccc(S(=O)(=O)Nc2ccc(F)cc2)c1. The van der Waals surface area contributed by atoms with E-state index in [9.17, 15) is 17.6 Å². The Morgan fingerprint density at radius 1 is 1.11 bits per heavy atom. The van der Waals surface area contributed by atoms with Gasteiger partial charge in [-0.05, 0) is 54.1 Å². The Hall–Kier alpha value is -3.26. The van der Waals surface area contributed by atoms with E-state index in [1.54, 1.807) is 31.6 Å². The number of anilines is 1. The third-order valence-corrected chi connectivity index (χ3v) is 5.36. The van der Waals surface area contributed by atoms with E-state index in [0.717, 1.165) is 17.7 Å². The van der Waals surface area contributed by atoms with Gasteiger partial charge in [-0.1, -0.05) is 12.1 Å². The molecule has 0 radical (unpaired) electrons. The molecule has 8 heteroatoms. The second kappa shape index (κ2) is 8.18. The number of hydrogen-bond donors (Lipinski definition) is 1. The molecule has 3 rings (SSSR count). The summed E-state index contributed by atoms with van der Waals surface area (Å²) < 4.78 is 40.5. The van der Waals surface area contributed by atoms with E-state index in [-0.39, 0.29) is 22.1 Å². The number of rotatable bonds is 6. The Bertz CT molecular complexity index is 1070. The molecule has 0 saturated heterocycles. The predicted octanol–water partition coefficient (Wildman–Crippen LogP) is 3.29. The number of halogens is 1. The molecule has 0 aliphatic carbocycles. The van der Waals surface area contributed by atoms with Crippen molar-refractivity contribution in [1.29, 1.82) is 0 Å². The van der Waals surface area contributed by atoms with Gasteiger partial charge < -0.3 is 4.90 Å². The fourth-order valence-corrected chi connectivity index (χ4v) is 3.69. The summed E-state index contributed by atoms with van der Waals surface area (Å²) in [6, 6.07) is 14.4. The second-order valence-electron chi connectivity index (χ2n) is 6.16. The van der Waals surface area contributed by atoms with Gasteiger partial charge in [-0.2, -0.15) is 0 Å². The van der Waals surface area contributed by atoms with Gasteiger partial charge in [0.1, 0.15) is 5.82 Å².